The molecule has 0 radical (unpaired) electrons. The van der Waals surface area contributed by atoms with E-state index in [4.69, 9.17) is 5.73 Å². The van der Waals surface area contributed by atoms with Gasteiger partial charge in [-0.3, -0.25) is 14.4 Å². The predicted molar refractivity (Wildman–Crippen MR) is 126 cm³/mol. The molecule has 1 aromatic carbocycles. The number of thioether (sulfide) groups is 1. The fourth-order valence-corrected chi connectivity index (χ4v) is 5.73. The number of aryl methyl sites for hydroxylation is 2. The van der Waals surface area contributed by atoms with Crippen LogP contribution in [0.4, 0.5) is 5.82 Å². The first-order chi connectivity index (χ1) is 16.0. The van der Waals surface area contributed by atoms with Crippen molar-refractivity contribution in [2.45, 2.75) is 30.8 Å². The molecule has 3 heterocycles. The van der Waals surface area contributed by atoms with Gasteiger partial charge >= 0.3 is 0 Å². The lowest BCUT2D eigenvalue weighted by atomic mass is 9.97. The van der Waals surface area contributed by atoms with Gasteiger partial charge in [0, 0.05) is 4.88 Å². The third-order valence-electron chi connectivity index (χ3n) is 5.24. The topological polar surface area (TPSA) is 149 Å². The average molecular weight is 482 g/mol. The molecular weight excluding hydrogens is 462 g/mol. The maximum Gasteiger partial charge on any atom is 0.273 e. The molecule has 0 spiro atoms. The molecule has 10 nitrogen and oxygen atoms in total. The Hall–Kier alpha value is -3.51. The largest absolute Gasteiger partial charge is 0.364 e. The van der Waals surface area contributed by atoms with Gasteiger partial charge in [-0.05, 0) is 43.4 Å². The minimum absolute atomic E-state index is 0.0280. The number of carbonyl (C=O) groups excluding carboxylic acids is 2. The number of thiophene rings is 1. The van der Waals surface area contributed by atoms with Crippen LogP contribution in [0.2, 0.25) is 0 Å². The van der Waals surface area contributed by atoms with E-state index in [9.17, 15) is 14.4 Å². The Morgan fingerprint density at radius 2 is 1.97 bits per heavy atom. The number of rotatable bonds is 6. The molecule has 0 bridgehead atoms. The number of hydrogen-bond acceptors (Lipinski definition) is 8. The van der Waals surface area contributed by atoms with Crippen LogP contribution in [-0.2, 0) is 17.6 Å². The first-order valence-electron chi connectivity index (χ1n) is 10.3. The van der Waals surface area contributed by atoms with Gasteiger partial charge in [0.25, 0.3) is 11.5 Å². The van der Waals surface area contributed by atoms with E-state index in [0.717, 1.165) is 43.0 Å². The molecule has 4 N–H and O–H groups in total. The van der Waals surface area contributed by atoms with Crippen molar-refractivity contribution in [2.75, 3.05) is 11.1 Å². The van der Waals surface area contributed by atoms with E-state index in [-0.39, 0.29) is 22.8 Å². The summed E-state index contributed by atoms with van der Waals surface area (Å²) >= 11 is 2.65. The van der Waals surface area contributed by atoms with Gasteiger partial charge in [0.05, 0.1) is 16.8 Å². The summed E-state index contributed by atoms with van der Waals surface area (Å²) in [7, 11) is 0. The molecule has 5 rings (SSSR count). The molecule has 168 valence electrons. The lowest BCUT2D eigenvalue weighted by Gasteiger charge is -2.09. The molecule has 12 heteroatoms. The third kappa shape index (κ3) is 4.26. The lowest BCUT2D eigenvalue weighted by molar-refractivity contribution is -0.113. The van der Waals surface area contributed by atoms with Crippen LogP contribution in [0, 0.1) is 0 Å². The summed E-state index contributed by atoms with van der Waals surface area (Å²) in [5.74, 6) is -1.32. The maximum atomic E-state index is 12.7. The minimum Gasteiger partial charge on any atom is -0.364 e. The second-order valence-electron chi connectivity index (χ2n) is 7.49. The van der Waals surface area contributed by atoms with E-state index in [1.165, 1.54) is 9.67 Å². The zero-order valence-corrected chi connectivity index (χ0v) is 19.0. The van der Waals surface area contributed by atoms with Crippen LogP contribution in [0.25, 0.3) is 15.9 Å². The van der Waals surface area contributed by atoms with Gasteiger partial charge in [0.15, 0.2) is 16.7 Å². The number of nitrogens with two attached hydrogens (primary N) is 1. The van der Waals surface area contributed by atoms with E-state index in [0.29, 0.717) is 21.1 Å². The summed E-state index contributed by atoms with van der Waals surface area (Å²) in [5.41, 5.74) is 6.81. The molecule has 0 fully saturated rings. The number of benzene rings is 1. The summed E-state index contributed by atoms with van der Waals surface area (Å²) in [5, 5.41) is 11.9. The summed E-state index contributed by atoms with van der Waals surface area (Å²) in [6.07, 6.45) is 4.09. The summed E-state index contributed by atoms with van der Waals surface area (Å²) < 4.78 is 0. The fourth-order valence-electron chi connectivity index (χ4n) is 3.75. The molecule has 2 amide bonds. The van der Waals surface area contributed by atoms with Crippen LogP contribution in [0.1, 0.15) is 33.8 Å². The number of nitrogens with zero attached hydrogens (tertiary/aromatic N) is 4. The molecule has 0 atom stereocenters. The molecule has 0 aliphatic heterocycles. The Labute approximate surface area is 195 Å². The minimum atomic E-state index is -0.807. The smallest absolute Gasteiger partial charge is 0.273 e. The molecule has 33 heavy (non-hydrogen) atoms. The van der Waals surface area contributed by atoms with Crippen molar-refractivity contribution in [3.05, 3.63) is 56.8 Å². The normalized spacial score (nSPS) is 13.1. The summed E-state index contributed by atoms with van der Waals surface area (Å²) in [6, 6.07) is 8.95. The molecule has 0 saturated heterocycles. The Morgan fingerprint density at radius 1 is 1.18 bits per heavy atom. The highest BCUT2D eigenvalue weighted by Crippen LogP contribution is 2.34. The van der Waals surface area contributed by atoms with Crippen molar-refractivity contribution < 1.29 is 9.59 Å². The number of primary amides is 1. The highest BCUT2D eigenvalue weighted by Gasteiger charge is 2.21. The molecule has 1 aliphatic rings. The Bertz CT molecular complexity index is 1430. The number of nitrogens with one attached hydrogen (secondary N) is 2. The van der Waals surface area contributed by atoms with Gasteiger partial charge in [-0.2, -0.15) is 0 Å². The molecule has 0 unspecified atom stereocenters. The van der Waals surface area contributed by atoms with E-state index < -0.39 is 11.8 Å². The van der Waals surface area contributed by atoms with Gasteiger partial charge in [0.1, 0.15) is 4.83 Å². The van der Waals surface area contributed by atoms with Crippen molar-refractivity contribution >= 4 is 50.9 Å². The molecule has 4 aromatic rings. The molecule has 3 aromatic heterocycles. The maximum absolute atomic E-state index is 12.7. The Kier molecular flexibility index (Phi) is 5.68. The van der Waals surface area contributed by atoms with Gasteiger partial charge in [-0.15, -0.1) is 26.3 Å². The lowest BCUT2D eigenvalue weighted by Crippen LogP contribution is -2.20. The second kappa shape index (κ2) is 8.79. The number of hydrogen-bond donors (Lipinski definition) is 3. The van der Waals surface area contributed by atoms with Crippen molar-refractivity contribution in [3.8, 4) is 5.69 Å². The number of carbonyl (C=O) groups is 2. The zero-order valence-electron chi connectivity index (χ0n) is 17.3. The summed E-state index contributed by atoms with van der Waals surface area (Å²) in [6.45, 7) is 0. The Balaban J connectivity index is 1.32. The highest BCUT2D eigenvalue weighted by atomic mass is 32.2. The number of amides is 2. The second-order valence-corrected chi connectivity index (χ2v) is 9.53. The fraction of sp³-hybridized carbons (Fsp3) is 0.238. The zero-order chi connectivity index (χ0) is 22.9. The first kappa shape index (κ1) is 21.3. The van der Waals surface area contributed by atoms with E-state index >= 15 is 0 Å². The SMILES string of the molecule is NC(=O)c1nn(-c2ccccc2)nc1NC(=O)CSc1nc2sc3c(c2c(=O)[nH]1)CCCC3. The quantitative estimate of drug-likeness (QED) is 0.282. The Morgan fingerprint density at radius 3 is 2.76 bits per heavy atom. The van der Waals surface area contributed by atoms with E-state index in [1.54, 1.807) is 35.6 Å². The predicted octanol–water partition coefficient (Wildman–Crippen LogP) is 2.27. The number of H-pyrrole nitrogens is 1. The number of aromatic amines is 1. The molecular formula is C21H19N7O3S2. The van der Waals surface area contributed by atoms with Crippen LogP contribution in [0.5, 0.6) is 0 Å². The summed E-state index contributed by atoms with van der Waals surface area (Å²) in [4.78, 5) is 47.5. The van der Waals surface area contributed by atoms with Gasteiger partial charge in [-0.25, -0.2) is 4.98 Å². The van der Waals surface area contributed by atoms with Gasteiger partial charge < -0.3 is 16.0 Å². The van der Waals surface area contributed by atoms with Gasteiger partial charge in [0.2, 0.25) is 5.91 Å². The first-order valence-corrected chi connectivity index (χ1v) is 12.1. The van der Waals surface area contributed by atoms with Crippen LogP contribution in [0.3, 0.4) is 0 Å². The van der Waals surface area contributed by atoms with Crippen molar-refractivity contribution in [3.63, 3.8) is 0 Å². The van der Waals surface area contributed by atoms with Crippen LogP contribution >= 0.6 is 23.1 Å². The number of para-hydroxylation sites is 1. The number of aromatic nitrogens is 5. The third-order valence-corrected chi connectivity index (χ3v) is 7.29. The molecule has 1 aliphatic carbocycles. The molecule has 0 saturated carbocycles. The highest BCUT2D eigenvalue weighted by molar-refractivity contribution is 7.99. The van der Waals surface area contributed by atoms with Crippen molar-refractivity contribution in [1.29, 1.82) is 0 Å². The number of fused-ring (bicyclic) bond motifs is 3. The van der Waals surface area contributed by atoms with Gasteiger partial charge in [-0.1, -0.05) is 30.0 Å². The average Bonchev–Trinajstić information content (AvgIpc) is 3.40. The van der Waals surface area contributed by atoms with Crippen LogP contribution < -0.4 is 16.6 Å². The van der Waals surface area contributed by atoms with Crippen LogP contribution in [0.15, 0.2) is 40.3 Å². The standard InChI is InChI=1S/C21H19N7O3S2/c22-17(30)16-18(27-28(26-16)11-6-2-1-3-7-11)23-14(29)10-32-21-24-19(31)15-12-8-4-5-9-13(12)33-20(15)25-21/h1-3,6-7H,4-5,8-10H2,(H2,22,30)(H,23,27,29)(H,24,25,31). The van der Waals surface area contributed by atoms with E-state index in [1.807, 2.05) is 6.07 Å². The van der Waals surface area contributed by atoms with Crippen LogP contribution in [-0.4, -0.2) is 42.5 Å². The number of anilines is 1. The van der Waals surface area contributed by atoms with Crippen molar-refractivity contribution in [2.24, 2.45) is 5.73 Å². The van der Waals surface area contributed by atoms with E-state index in [2.05, 4.69) is 25.5 Å². The monoisotopic (exact) mass is 481 g/mol. The van der Waals surface area contributed by atoms with Crippen molar-refractivity contribution in [1.82, 2.24) is 25.0 Å².